The largest absolute Gasteiger partial charge is 0.494 e. The van der Waals surface area contributed by atoms with Crippen LogP contribution in [0.3, 0.4) is 0 Å². The van der Waals surface area contributed by atoms with Crippen LogP contribution in [-0.2, 0) is 0 Å². The maximum Gasteiger partial charge on any atom is 0.195 e. The second kappa shape index (κ2) is 6.72. The Morgan fingerprint density at radius 3 is 2.37 bits per heavy atom. The zero-order chi connectivity index (χ0) is 19.1. The standard InChI is InChI=1S/C20H16F4N2O/c1-27-16-5-4-11(8-14(16)21)13-10-25-20(26-6-2-3-7-26)12-9-15(22)18(23)19(24)17(12)13/h4-5,8-10H,2-3,6-7H2,1H3. The summed E-state index contributed by atoms with van der Waals surface area (Å²) in [6.45, 7) is 1.42. The fourth-order valence-electron chi connectivity index (χ4n) is 3.53. The Kier molecular flexibility index (Phi) is 4.37. The molecule has 7 heteroatoms. The first-order valence-corrected chi connectivity index (χ1v) is 8.56. The fourth-order valence-corrected chi connectivity index (χ4v) is 3.53. The molecule has 4 rings (SSSR count). The van der Waals surface area contributed by atoms with Crippen molar-refractivity contribution in [3.8, 4) is 16.9 Å². The Hall–Kier alpha value is -2.83. The lowest BCUT2D eigenvalue weighted by atomic mass is 9.99. The zero-order valence-electron chi connectivity index (χ0n) is 14.5. The summed E-state index contributed by atoms with van der Waals surface area (Å²) in [7, 11) is 1.33. The number of pyridine rings is 1. The third-order valence-corrected chi connectivity index (χ3v) is 4.86. The van der Waals surface area contributed by atoms with Crippen LogP contribution in [0, 0.1) is 23.3 Å². The SMILES string of the molecule is COc1ccc(-c2cnc(N3CCCC3)c3cc(F)c(F)c(F)c23)cc1F. The quantitative estimate of drug-likeness (QED) is 0.472. The van der Waals surface area contributed by atoms with Gasteiger partial charge in [-0.3, -0.25) is 0 Å². The second-order valence-corrected chi connectivity index (χ2v) is 6.45. The molecule has 0 aliphatic carbocycles. The van der Waals surface area contributed by atoms with Crippen molar-refractivity contribution in [3.05, 3.63) is 53.7 Å². The predicted molar refractivity (Wildman–Crippen MR) is 95.0 cm³/mol. The molecule has 0 spiro atoms. The Balaban J connectivity index is 2.00. The third-order valence-electron chi connectivity index (χ3n) is 4.86. The van der Waals surface area contributed by atoms with E-state index in [1.165, 1.54) is 25.4 Å². The van der Waals surface area contributed by atoms with E-state index in [1.54, 1.807) is 0 Å². The molecule has 0 saturated carbocycles. The number of benzene rings is 2. The van der Waals surface area contributed by atoms with Crippen LogP contribution < -0.4 is 9.64 Å². The van der Waals surface area contributed by atoms with Crippen molar-refractivity contribution in [2.45, 2.75) is 12.8 Å². The van der Waals surface area contributed by atoms with Gasteiger partial charge in [0.2, 0.25) is 0 Å². The van der Waals surface area contributed by atoms with Gasteiger partial charge in [-0.1, -0.05) is 6.07 Å². The fraction of sp³-hybridized carbons (Fsp3) is 0.250. The van der Waals surface area contributed by atoms with Crippen molar-refractivity contribution >= 4 is 16.6 Å². The molecule has 1 aromatic heterocycles. The van der Waals surface area contributed by atoms with Crippen molar-refractivity contribution in [1.82, 2.24) is 4.98 Å². The summed E-state index contributed by atoms with van der Waals surface area (Å²) in [5.74, 6) is -4.36. The number of nitrogens with zero attached hydrogens (tertiary/aromatic N) is 2. The van der Waals surface area contributed by atoms with Gasteiger partial charge in [-0.25, -0.2) is 22.5 Å². The molecule has 1 aliphatic rings. The molecule has 140 valence electrons. The molecule has 0 atom stereocenters. The van der Waals surface area contributed by atoms with E-state index in [0.29, 0.717) is 24.5 Å². The van der Waals surface area contributed by atoms with Crippen LogP contribution in [0.2, 0.25) is 0 Å². The first kappa shape index (κ1) is 17.6. The number of hydrogen-bond acceptors (Lipinski definition) is 3. The summed E-state index contributed by atoms with van der Waals surface area (Å²) in [6.07, 6.45) is 3.26. The van der Waals surface area contributed by atoms with Gasteiger partial charge in [0.05, 0.1) is 7.11 Å². The number of halogens is 4. The molecule has 27 heavy (non-hydrogen) atoms. The highest BCUT2D eigenvalue weighted by Gasteiger charge is 2.24. The number of hydrogen-bond donors (Lipinski definition) is 0. The predicted octanol–water partition coefficient (Wildman–Crippen LogP) is 5.07. The Morgan fingerprint density at radius 1 is 0.963 bits per heavy atom. The lowest BCUT2D eigenvalue weighted by molar-refractivity contribution is 0.386. The van der Waals surface area contributed by atoms with Crippen LogP contribution in [0.15, 0.2) is 30.5 Å². The van der Waals surface area contributed by atoms with Crippen LogP contribution in [0.1, 0.15) is 12.8 Å². The maximum absolute atomic E-state index is 14.7. The van der Waals surface area contributed by atoms with Crippen LogP contribution in [-0.4, -0.2) is 25.2 Å². The molecule has 0 unspecified atom stereocenters. The van der Waals surface area contributed by atoms with E-state index >= 15 is 0 Å². The number of aromatic nitrogens is 1. The van der Waals surface area contributed by atoms with Crippen molar-refractivity contribution in [1.29, 1.82) is 0 Å². The highest BCUT2D eigenvalue weighted by Crippen LogP contribution is 2.38. The highest BCUT2D eigenvalue weighted by molar-refractivity contribution is 6.02. The summed E-state index contributed by atoms with van der Waals surface area (Å²) >= 11 is 0. The maximum atomic E-state index is 14.7. The van der Waals surface area contributed by atoms with Gasteiger partial charge in [0, 0.05) is 35.6 Å². The smallest absolute Gasteiger partial charge is 0.195 e. The highest BCUT2D eigenvalue weighted by atomic mass is 19.2. The van der Waals surface area contributed by atoms with Gasteiger partial charge in [-0.2, -0.15) is 0 Å². The lowest BCUT2D eigenvalue weighted by Gasteiger charge is -2.20. The monoisotopic (exact) mass is 376 g/mol. The molecule has 3 aromatic rings. The molecule has 2 heterocycles. The summed E-state index contributed by atoms with van der Waals surface area (Å²) in [5.41, 5.74) is 0.481. The Bertz CT molecular complexity index is 1030. The van der Waals surface area contributed by atoms with Crippen molar-refractivity contribution < 1.29 is 22.3 Å². The zero-order valence-corrected chi connectivity index (χ0v) is 14.5. The van der Waals surface area contributed by atoms with Crippen molar-refractivity contribution in [3.63, 3.8) is 0 Å². The minimum absolute atomic E-state index is 0.0300. The van der Waals surface area contributed by atoms with Gasteiger partial charge in [0.15, 0.2) is 29.0 Å². The first-order chi connectivity index (χ1) is 13.0. The van der Waals surface area contributed by atoms with Crippen molar-refractivity contribution in [2.75, 3.05) is 25.1 Å². The molecule has 0 N–H and O–H groups in total. The molecule has 1 fully saturated rings. The van der Waals surface area contributed by atoms with E-state index in [9.17, 15) is 17.6 Å². The van der Waals surface area contributed by atoms with E-state index in [2.05, 4.69) is 4.98 Å². The van der Waals surface area contributed by atoms with Gasteiger partial charge < -0.3 is 9.64 Å². The van der Waals surface area contributed by atoms with Gasteiger partial charge in [0.1, 0.15) is 5.82 Å². The van der Waals surface area contributed by atoms with Gasteiger partial charge in [-0.15, -0.1) is 0 Å². The first-order valence-electron chi connectivity index (χ1n) is 8.56. The average molecular weight is 376 g/mol. The van der Waals surface area contributed by atoms with Crippen LogP contribution in [0.4, 0.5) is 23.4 Å². The molecule has 0 bridgehead atoms. The molecule has 0 radical (unpaired) electrons. The molecular formula is C20H16F4N2O. The number of rotatable bonds is 3. The molecule has 2 aromatic carbocycles. The Labute approximate surface area is 153 Å². The van der Waals surface area contributed by atoms with Crippen LogP contribution in [0.5, 0.6) is 5.75 Å². The lowest BCUT2D eigenvalue weighted by Crippen LogP contribution is -2.19. The minimum atomic E-state index is -1.56. The van der Waals surface area contributed by atoms with E-state index in [1.807, 2.05) is 4.90 Å². The summed E-state index contributed by atoms with van der Waals surface area (Å²) in [4.78, 5) is 6.28. The summed E-state index contributed by atoms with van der Waals surface area (Å²) in [6, 6.07) is 5.03. The van der Waals surface area contributed by atoms with Gasteiger partial charge >= 0.3 is 0 Å². The van der Waals surface area contributed by atoms with Crippen molar-refractivity contribution in [2.24, 2.45) is 0 Å². The normalized spacial score (nSPS) is 14.2. The molecule has 1 aliphatic heterocycles. The number of methoxy groups -OCH3 is 1. The summed E-state index contributed by atoms with van der Waals surface area (Å²) in [5, 5.41) is 0.0531. The second-order valence-electron chi connectivity index (χ2n) is 6.45. The number of fused-ring (bicyclic) bond motifs is 1. The van der Waals surface area contributed by atoms with Gasteiger partial charge in [0.25, 0.3) is 0 Å². The molecule has 0 amide bonds. The van der Waals surface area contributed by atoms with Crippen LogP contribution >= 0.6 is 0 Å². The molecular weight excluding hydrogens is 360 g/mol. The van der Waals surface area contributed by atoms with E-state index in [-0.39, 0.29) is 22.1 Å². The Morgan fingerprint density at radius 2 is 1.70 bits per heavy atom. The topological polar surface area (TPSA) is 25.4 Å². The number of anilines is 1. The molecule has 3 nitrogen and oxygen atoms in total. The minimum Gasteiger partial charge on any atom is -0.494 e. The van der Waals surface area contributed by atoms with E-state index < -0.39 is 23.3 Å². The third kappa shape index (κ3) is 2.87. The van der Waals surface area contributed by atoms with E-state index in [4.69, 9.17) is 4.74 Å². The number of ether oxygens (including phenoxy) is 1. The average Bonchev–Trinajstić information content (AvgIpc) is 3.20. The summed E-state index contributed by atoms with van der Waals surface area (Å²) < 4.78 is 61.7. The van der Waals surface area contributed by atoms with Gasteiger partial charge in [-0.05, 0) is 36.6 Å². The van der Waals surface area contributed by atoms with E-state index in [0.717, 1.165) is 25.0 Å². The molecule has 1 saturated heterocycles. The van der Waals surface area contributed by atoms with Crippen LogP contribution in [0.25, 0.3) is 21.9 Å².